The molecule has 0 heterocycles. The van der Waals surface area contributed by atoms with Crippen LogP contribution in [0.15, 0.2) is 46.9 Å². The predicted molar refractivity (Wildman–Crippen MR) is 100.0 cm³/mol. The van der Waals surface area contributed by atoms with Crippen molar-refractivity contribution in [3.05, 3.63) is 61.6 Å². The van der Waals surface area contributed by atoms with E-state index in [4.69, 9.17) is 4.74 Å². The fraction of sp³-hybridized carbons (Fsp3) is 0.294. The van der Waals surface area contributed by atoms with E-state index in [-0.39, 0.29) is 12.1 Å². The highest BCUT2D eigenvalue weighted by molar-refractivity contribution is 14.1. The van der Waals surface area contributed by atoms with Crippen LogP contribution in [-0.2, 0) is 0 Å². The molecular formula is C17H19BrINO. The smallest absolute Gasteiger partial charge is 0.119 e. The highest BCUT2D eigenvalue weighted by Crippen LogP contribution is 2.29. The van der Waals surface area contributed by atoms with Crippen molar-refractivity contribution in [1.82, 2.24) is 5.32 Å². The SMILES string of the molecule is CNC(c1ccc(OC(C)C)cc1)c1cc(Br)ccc1I. The first kappa shape index (κ1) is 16.8. The van der Waals surface area contributed by atoms with E-state index in [1.54, 1.807) is 0 Å². The molecule has 4 heteroatoms. The molecule has 0 aromatic heterocycles. The Hall–Kier alpha value is -0.590. The molecule has 1 atom stereocenters. The number of nitrogens with one attached hydrogen (secondary N) is 1. The van der Waals surface area contributed by atoms with Gasteiger partial charge in [-0.05, 0) is 84.9 Å². The van der Waals surface area contributed by atoms with Crippen LogP contribution in [0.5, 0.6) is 5.75 Å². The van der Waals surface area contributed by atoms with E-state index in [0.717, 1.165) is 10.2 Å². The molecule has 0 aliphatic heterocycles. The maximum absolute atomic E-state index is 5.70. The van der Waals surface area contributed by atoms with Crippen molar-refractivity contribution in [3.8, 4) is 5.75 Å². The molecule has 0 saturated carbocycles. The van der Waals surface area contributed by atoms with Crippen LogP contribution in [0.4, 0.5) is 0 Å². The van der Waals surface area contributed by atoms with E-state index in [0.29, 0.717) is 0 Å². The quantitative estimate of drug-likeness (QED) is 0.624. The zero-order valence-electron chi connectivity index (χ0n) is 12.4. The third-order valence-corrected chi connectivity index (χ3v) is 4.62. The molecule has 2 aromatic rings. The summed E-state index contributed by atoms with van der Waals surface area (Å²) in [7, 11) is 1.99. The number of hydrogen-bond donors (Lipinski definition) is 1. The molecule has 2 rings (SSSR count). The second kappa shape index (κ2) is 7.61. The standard InChI is InChI=1S/C17H19BrINO/c1-11(2)21-14-7-4-12(5-8-14)17(20-3)15-10-13(18)6-9-16(15)19/h4-11,17,20H,1-3H3. The summed E-state index contributed by atoms with van der Waals surface area (Å²) < 4.78 is 8.04. The first-order chi connectivity index (χ1) is 10.0. The predicted octanol–water partition coefficient (Wildman–Crippen LogP) is 5.15. The Kier molecular flexibility index (Phi) is 6.08. The second-order valence-corrected chi connectivity index (χ2v) is 7.20. The lowest BCUT2D eigenvalue weighted by Crippen LogP contribution is -2.18. The topological polar surface area (TPSA) is 21.3 Å². The second-order valence-electron chi connectivity index (χ2n) is 5.12. The van der Waals surface area contributed by atoms with Crippen LogP contribution in [0.25, 0.3) is 0 Å². The van der Waals surface area contributed by atoms with Gasteiger partial charge in [0, 0.05) is 8.04 Å². The lowest BCUT2D eigenvalue weighted by molar-refractivity contribution is 0.242. The van der Waals surface area contributed by atoms with Gasteiger partial charge in [-0.15, -0.1) is 0 Å². The molecule has 0 fully saturated rings. The third-order valence-electron chi connectivity index (χ3n) is 3.14. The third kappa shape index (κ3) is 4.44. The molecule has 2 nitrogen and oxygen atoms in total. The molecule has 0 aliphatic carbocycles. The van der Waals surface area contributed by atoms with Crippen LogP contribution in [0.2, 0.25) is 0 Å². The molecule has 0 bridgehead atoms. The fourth-order valence-corrected chi connectivity index (χ4v) is 3.27. The maximum atomic E-state index is 5.70. The molecule has 0 saturated heterocycles. The number of halogens is 2. The zero-order chi connectivity index (χ0) is 15.4. The van der Waals surface area contributed by atoms with Crippen LogP contribution in [0, 0.1) is 3.57 Å². The molecule has 0 amide bonds. The molecular weight excluding hydrogens is 441 g/mol. The fourth-order valence-electron chi connectivity index (χ4n) is 2.25. The van der Waals surface area contributed by atoms with Crippen molar-refractivity contribution in [2.24, 2.45) is 0 Å². The van der Waals surface area contributed by atoms with Gasteiger partial charge >= 0.3 is 0 Å². The van der Waals surface area contributed by atoms with Gasteiger partial charge in [0.15, 0.2) is 0 Å². The average molecular weight is 460 g/mol. The molecule has 0 spiro atoms. The number of benzene rings is 2. The first-order valence-electron chi connectivity index (χ1n) is 6.90. The van der Waals surface area contributed by atoms with Crippen molar-refractivity contribution in [2.45, 2.75) is 26.0 Å². The van der Waals surface area contributed by atoms with Crippen LogP contribution in [-0.4, -0.2) is 13.2 Å². The van der Waals surface area contributed by atoms with Crippen LogP contribution in [0.3, 0.4) is 0 Å². The number of rotatable bonds is 5. The summed E-state index contributed by atoms with van der Waals surface area (Å²) in [5.41, 5.74) is 2.50. The summed E-state index contributed by atoms with van der Waals surface area (Å²) in [5.74, 6) is 0.910. The molecule has 0 radical (unpaired) electrons. The summed E-state index contributed by atoms with van der Waals surface area (Å²) in [6, 6.07) is 14.8. The monoisotopic (exact) mass is 459 g/mol. The van der Waals surface area contributed by atoms with Gasteiger partial charge in [-0.1, -0.05) is 28.1 Å². The Morgan fingerprint density at radius 2 is 1.76 bits per heavy atom. The van der Waals surface area contributed by atoms with E-state index in [9.17, 15) is 0 Å². The minimum Gasteiger partial charge on any atom is -0.491 e. The zero-order valence-corrected chi connectivity index (χ0v) is 16.1. The lowest BCUT2D eigenvalue weighted by Gasteiger charge is -2.20. The summed E-state index contributed by atoms with van der Waals surface area (Å²) >= 11 is 5.93. The van der Waals surface area contributed by atoms with Gasteiger partial charge in [-0.3, -0.25) is 0 Å². The Bertz CT molecular complexity index is 598. The van der Waals surface area contributed by atoms with Crippen molar-refractivity contribution in [3.63, 3.8) is 0 Å². The van der Waals surface area contributed by atoms with Gasteiger partial charge in [-0.2, -0.15) is 0 Å². The molecule has 112 valence electrons. The summed E-state index contributed by atoms with van der Waals surface area (Å²) in [6.45, 7) is 4.07. The van der Waals surface area contributed by atoms with Gasteiger partial charge in [0.05, 0.1) is 12.1 Å². The van der Waals surface area contributed by atoms with Crippen LogP contribution < -0.4 is 10.1 Å². The highest BCUT2D eigenvalue weighted by Gasteiger charge is 2.15. The Balaban J connectivity index is 2.31. The van der Waals surface area contributed by atoms with Crippen LogP contribution in [0.1, 0.15) is 31.0 Å². The number of hydrogen-bond acceptors (Lipinski definition) is 2. The summed E-state index contributed by atoms with van der Waals surface area (Å²) in [5, 5.41) is 3.40. The van der Waals surface area contributed by atoms with Gasteiger partial charge in [-0.25, -0.2) is 0 Å². The van der Waals surface area contributed by atoms with E-state index < -0.39 is 0 Å². The van der Waals surface area contributed by atoms with Crippen molar-refractivity contribution in [2.75, 3.05) is 7.05 Å². The average Bonchev–Trinajstić information content (AvgIpc) is 2.44. The van der Waals surface area contributed by atoms with Gasteiger partial charge in [0.2, 0.25) is 0 Å². The van der Waals surface area contributed by atoms with Crippen molar-refractivity contribution in [1.29, 1.82) is 0 Å². The lowest BCUT2D eigenvalue weighted by atomic mass is 9.99. The number of ether oxygens (including phenoxy) is 1. The van der Waals surface area contributed by atoms with Gasteiger partial charge in [0.1, 0.15) is 5.75 Å². The molecule has 0 aliphatic rings. The van der Waals surface area contributed by atoms with Gasteiger partial charge < -0.3 is 10.1 Å². The molecule has 1 N–H and O–H groups in total. The summed E-state index contributed by atoms with van der Waals surface area (Å²) in [4.78, 5) is 0. The van der Waals surface area contributed by atoms with Crippen LogP contribution >= 0.6 is 38.5 Å². The van der Waals surface area contributed by atoms with E-state index >= 15 is 0 Å². The van der Waals surface area contributed by atoms with E-state index in [1.165, 1.54) is 14.7 Å². The first-order valence-corrected chi connectivity index (χ1v) is 8.77. The van der Waals surface area contributed by atoms with Gasteiger partial charge in [0.25, 0.3) is 0 Å². The Labute approximate surface area is 148 Å². The summed E-state index contributed by atoms with van der Waals surface area (Å²) in [6.07, 6.45) is 0.196. The van der Waals surface area contributed by atoms with Crippen molar-refractivity contribution >= 4 is 38.5 Å². The molecule has 21 heavy (non-hydrogen) atoms. The van der Waals surface area contributed by atoms with Crippen molar-refractivity contribution < 1.29 is 4.74 Å². The molecule has 1 unspecified atom stereocenters. The molecule has 2 aromatic carbocycles. The normalized spacial score (nSPS) is 12.5. The maximum Gasteiger partial charge on any atom is 0.119 e. The highest BCUT2D eigenvalue weighted by atomic mass is 127. The largest absolute Gasteiger partial charge is 0.491 e. The Morgan fingerprint density at radius 3 is 2.33 bits per heavy atom. The minimum atomic E-state index is 0.169. The van der Waals surface area contributed by atoms with E-state index in [1.807, 2.05) is 33.0 Å². The minimum absolute atomic E-state index is 0.169. The Morgan fingerprint density at radius 1 is 1.10 bits per heavy atom. The van der Waals surface area contributed by atoms with E-state index in [2.05, 4.69) is 74.2 Å².